The number of aromatic nitrogens is 2. The Labute approximate surface area is 155 Å². The van der Waals surface area contributed by atoms with Crippen molar-refractivity contribution < 1.29 is 19.2 Å². The van der Waals surface area contributed by atoms with Crippen molar-refractivity contribution in [2.45, 2.75) is 6.54 Å². The van der Waals surface area contributed by atoms with E-state index in [-0.39, 0.29) is 11.4 Å². The highest BCUT2D eigenvalue weighted by Gasteiger charge is 2.11. The number of rotatable bonds is 6. The number of halogens is 1. The van der Waals surface area contributed by atoms with Gasteiger partial charge in [-0.05, 0) is 35.3 Å². The highest BCUT2D eigenvalue weighted by molar-refractivity contribution is 6.58. The Morgan fingerprint density at radius 1 is 1.07 bits per heavy atom. The van der Waals surface area contributed by atoms with Gasteiger partial charge in [0.1, 0.15) is 5.82 Å². The molecule has 3 rings (SSSR count). The van der Waals surface area contributed by atoms with E-state index >= 15 is 0 Å². The first-order chi connectivity index (χ1) is 13.0. The highest BCUT2D eigenvalue weighted by Crippen LogP contribution is 2.10. The molecule has 0 saturated heterocycles. The van der Waals surface area contributed by atoms with Crippen LogP contribution in [0.1, 0.15) is 15.9 Å². The molecular formula is C18H16BFN4O3. The third-order valence-corrected chi connectivity index (χ3v) is 3.72. The van der Waals surface area contributed by atoms with Gasteiger partial charge in [-0.25, -0.2) is 14.4 Å². The molecule has 0 radical (unpaired) electrons. The number of hydrogen-bond donors (Lipinski definition) is 4. The molecule has 9 heteroatoms. The predicted molar refractivity (Wildman–Crippen MR) is 100.0 cm³/mol. The van der Waals surface area contributed by atoms with Crippen LogP contribution in [-0.4, -0.2) is 33.0 Å². The van der Waals surface area contributed by atoms with Crippen molar-refractivity contribution in [1.82, 2.24) is 9.97 Å². The molecular weight excluding hydrogens is 350 g/mol. The first-order valence-corrected chi connectivity index (χ1v) is 8.09. The second-order valence-corrected chi connectivity index (χ2v) is 5.73. The third kappa shape index (κ3) is 5.10. The number of hydrogen-bond acceptors (Lipinski definition) is 6. The molecule has 27 heavy (non-hydrogen) atoms. The summed E-state index contributed by atoms with van der Waals surface area (Å²) in [5, 5.41) is 24.0. The summed E-state index contributed by atoms with van der Waals surface area (Å²) >= 11 is 0. The van der Waals surface area contributed by atoms with Crippen molar-refractivity contribution in [1.29, 1.82) is 0 Å². The van der Waals surface area contributed by atoms with E-state index in [1.165, 1.54) is 36.7 Å². The standard InChI is InChI=1S/C18H16BFN4O3/c20-15-4-6-16(7-5-15)24-17(25)13-10-22-18(23-11-13)21-9-12-2-1-3-14(8-12)19(26)27/h1-8,10-11,26-27H,9H2,(H,24,25)(H,21,22,23). The van der Waals surface area contributed by atoms with Crippen molar-refractivity contribution in [2.75, 3.05) is 10.6 Å². The fraction of sp³-hybridized carbons (Fsp3) is 0.0556. The largest absolute Gasteiger partial charge is 0.488 e. The van der Waals surface area contributed by atoms with E-state index in [1.54, 1.807) is 18.2 Å². The van der Waals surface area contributed by atoms with Gasteiger partial charge in [-0.3, -0.25) is 4.79 Å². The molecule has 0 aliphatic rings. The number of nitrogens with zero attached hydrogens (tertiary/aromatic N) is 2. The Morgan fingerprint density at radius 2 is 1.78 bits per heavy atom. The summed E-state index contributed by atoms with van der Waals surface area (Å²) in [6.45, 7) is 0.377. The van der Waals surface area contributed by atoms with Gasteiger partial charge >= 0.3 is 7.12 Å². The van der Waals surface area contributed by atoms with E-state index in [9.17, 15) is 19.2 Å². The summed E-state index contributed by atoms with van der Waals surface area (Å²) in [4.78, 5) is 20.3. The lowest BCUT2D eigenvalue weighted by molar-refractivity contribution is 0.102. The van der Waals surface area contributed by atoms with E-state index in [0.717, 1.165) is 5.56 Å². The molecule has 0 bridgehead atoms. The average Bonchev–Trinajstić information content (AvgIpc) is 2.68. The molecule has 0 fully saturated rings. The van der Waals surface area contributed by atoms with Crippen LogP contribution in [0.25, 0.3) is 0 Å². The Kier molecular flexibility index (Phi) is 5.75. The molecule has 136 valence electrons. The quantitative estimate of drug-likeness (QED) is 0.488. The minimum Gasteiger partial charge on any atom is -0.423 e. The Balaban J connectivity index is 1.59. The van der Waals surface area contributed by atoms with Gasteiger partial charge in [-0.1, -0.05) is 24.3 Å². The maximum absolute atomic E-state index is 12.9. The Hall–Kier alpha value is -3.30. The van der Waals surface area contributed by atoms with Crippen molar-refractivity contribution in [3.8, 4) is 0 Å². The van der Waals surface area contributed by atoms with E-state index in [4.69, 9.17) is 0 Å². The van der Waals surface area contributed by atoms with Crippen LogP contribution in [0.5, 0.6) is 0 Å². The zero-order valence-corrected chi connectivity index (χ0v) is 14.1. The number of carbonyl (C=O) groups is 1. The molecule has 2 aromatic carbocycles. The SMILES string of the molecule is O=C(Nc1ccc(F)cc1)c1cnc(NCc2cccc(B(O)O)c2)nc1. The summed E-state index contributed by atoms with van der Waals surface area (Å²) < 4.78 is 12.9. The third-order valence-electron chi connectivity index (χ3n) is 3.72. The first-order valence-electron chi connectivity index (χ1n) is 8.09. The predicted octanol–water partition coefficient (Wildman–Crippen LogP) is 1.16. The van der Waals surface area contributed by atoms with E-state index in [2.05, 4.69) is 20.6 Å². The van der Waals surface area contributed by atoms with Gasteiger partial charge in [0.2, 0.25) is 5.95 Å². The van der Waals surface area contributed by atoms with Crippen LogP contribution >= 0.6 is 0 Å². The van der Waals surface area contributed by atoms with E-state index in [0.29, 0.717) is 23.6 Å². The van der Waals surface area contributed by atoms with Gasteiger partial charge < -0.3 is 20.7 Å². The molecule has 0 atom stereocenters. The molecule has 4 N–H and O–H groups in total. The smallest absolute Gasteiger partial charge is 0.423 e. The number of carbonyl (C=O) groups excluding carboxylic acids is 1. The summed E-state index contributed by atoms with van der Waals surface area (Å²) in [6, 6.07) is 12.2. The number of nitrogens with one attached hydrogen (secondary N) is 2. The van der Waals surface area contributed by atoms with Gasteiger partial charge in [-0.2, -0.15) is 0 Å². The Bertz CT molecular complexity index is 921. The fourth-order valence-corrected chi connectivity index (χ4v) is 2.32. The van der Waals surface area contributed by atoms with Gasteiger partial charge in [0, 0.05) is 24.6 Å². The molecule has 0 aliphatic heterocycles. The zero-order chi connectivity index (χ0) is 19.2. The second-order valence-electron chi connectivity index (χ2n) is 5.73. The van der Waals surface area contributed by atoms with Crippen LogP contribution in [-0.2, 0) is 6.54 Å². The van der Waals surface area contributed by atoms with Crippen molar-refractivity contribution in [2.24, 2.45) is 0 Å². The molecule has 7 nitrogen and oxygen atoms in total. The fourth-order valence-electron chi connectivity index (χ4n) is 2.32. The Morgan fingerprint density at radius 3 is 2.44 bits per heavy atom. The molecule has 3 aromatic rings. The summed E-state index contributed by atoms with van der Waals surface area (Å²) in [6.07, 6.45) is 2.75. The summed E-state index contributed by atoms with van der Waals surface area (Å²) in [5.41, 5.74) is 1.94. The first kappa shape index (κ1) is 18.5. The van der Waals surface area contributed by atoms with Crippen LogP contribution < -0.4 is 16.1 Å². The maximum atomic E-state index is 12.9. The molecule has 0 spiro atoms. The molecule has 0 aliphatic carbocycles. The van der Waals surface area contributed by atoms with Gasteiger partial charge in [0.25, 0.3) is 5.91 Å². The number of anilines is 2. The lowest BCUT2D eigenvalue weighted by atomic mass is 9.80. The van der Waals surface area contributed by atoms with Gasteiger partial charge in [-0.15, -0.1) is 0 Å². The minimum atomic E-state index is -1.53. The maximum Gasteiger partial charge on any atom is 0.488 e. The number of benzene rings is 2. The van der Waals surface area contributed by atoms with Crippen molar-refractivity contribution in [3.05, 3.63) is 77.9 Å². The molecule has 0 saturated carbocycles. The lowest BCUT2D eigenvalue weighted by Crippen LogP contribution is -2.30. The lowest BCUT2D eigenvalue weighted by Gasteiger charge is -2.08. The van der Waals surface area contributed by atoms with Crippen molar-refractivity contribution in [3.63, 3.8) is 0 Å². The second kappa shape index (κ2) is 8.39. The van der Waals surface area contributed by atoms with E-state index < -0.39 is 13.0 Å². The summed E-state index contributed by atoms with van der Waals surface area (Å²) in [5.74, 6) is -0.466. The normalized spacial score (nSPS) is 10.3. The van der Waals surface area contributed by atoms with Gasteiger partial charge in [0.05, 0.1) is 5.56 Å². The monoisotopic (exact) mass is 366 g/mol. The molecule has 0 unspecified atom stereocenters. The molecule has 1 heterocycles. The topological polar surface area (TPSA) is 107 Å². The zero-order valence-electron chi connectivity index (χ0n) is 14.1. The van der Waals surface area contributed by atoms with Crippen molar-refractivity contribution >= 4 is 30.1 Å². The molecule has 1 aromatic heterocycles. The summed E-state index contributed by atoms with van der Waals surface area (Å²) in [7, 11) is -1.53. The number of amides is 1. The van der Waals surface area contributed by atoms with E-state index in [1.807, 2.05) is 6.07 Å². The van der Waals surface area contributed by atoms with Crippen LogP contribution in [0, 0.1) is 5.82 Å². The van der Waals surface area contributed by atoms with Crippen LogP contribution in [0.2, 0.25) is 0 Å². The highest BCUT2D eigenvalue weighted by atomic mass is 19.1. The minimum absolute atomic E-state index is 0.260. The van der Waals surface area contributed by atoms with Crippen LogP contribution in [0.15, 0.2) is 60.9 Å². The molecule has 1 amide bonds. The van der Waals surface area contributed by atoms with Crippen LogP contribution in [0.3, 0.4) is 0 Å². The van der Waals surface area contributed by atoms with Gasteiger partial charge in [0.15, 0.2) is 0 Å². The van der Waals surface area contributed by atoms with Crippen LogP contribution in [0.4, 0.5) is 16.0 Å². The average molecular weight is 366 g/mol.